The van der Waals surface area contributed by atoms with Gasteiger partial charge in [0.15, 0.2) is 0 Å². The first kappa shape index (κ1) is 18.1. The van der Waals surface area contributed by atoms with Gasteiger partial charge in [-0.25, -0.2) is 9.97 Å². The van der Waals surface area contributed by atoms with Gasteiger partial charge in [0.2, 0.25) is 5.91 Å². The van der Waals surface area contributed by atoms with E-state index in [1.807, 2.05) is 26.0 Å². The lowest BCUT2D eigenvalue weighted by Gasteiger charge is -2.10. The normalized spacial score (nSPS) is 11.1. The number of thiophene rings is 1. The van der Waals surface area contributed by atoms with Gasteiger partial charge in [0.05, 0.1) is 24.6 Å². The molecule has 28 heavy (non-hydrogen) atoms. The summed E-state index contributed by atoms with van der Waals surface area (Å²) in [4.78, 5) is 35.1. The van der Waals surface area contributed by atoms with E-state index in [-0.39, 0.29) is 18.0 Å². The maximum atomic E-state index is 12.9. The molecule has 1 N–H and O–H groups in total. The molecule has 0 unspecified atom stereocenters. The number of carbonyl (C=O) groups excluding carboxylic acids is 1. The molecule has 142 valence electrons. The fourth-order valence-corrected chi connectivity index (χ4v) is 4.41. The number of hydrogen-bond acceptors (Lipinski definition) is 6. The van der Waals surface area contributed by atoms with Crippen LogP contribution in [0, 0.1) is 13.8 Å². The van der Waals surface area contributed by atoms with Crippen molar-refractivity contribution in [1.29, 1.82) is 0 Å². The van der Waals surface area contributed by atoms with Gasteiger partial charge in [-0.3, -0.25) is 14.2 Å². The fraction of sp³-hybridized carbons (Fsp3) is 0.200. The van der Waals surface area contributed by atoms with Crippen LogP contribution in [0.1, 0.15) is 11.3 Å². The Hall–Kier alpha value is -3.26. The summed E-state index contributed by atoms with van der Waals surface area (Å²) in [6, 6.07) is 9.08. The molecule has 0 aliphatic carbocycles. The van der Waals surface area contributed by atoms with Crippen molar-refractivity contribution in [2.24, 2.45) is 0 Å². The summed E-state index contributed by atoms with van der Waals surface area (Å²) in [6.07, 6.45) is 1.41. The molecule has 0 aliphatic rings. The van der Waals surface area contributed by atoms with E-state index in [1.165, 1.54) is 29.3 Å². The second kappa shape index (κ2) is 7.05. The minimum Gasteiger partial charge on any atom is -0.495 e. The van der Waals surface area contributed by atoms with E-state index in [9.17, 15) is 9.59 Å². The number of rotatable bonds is 4. The lowest BCUT2D eigenvalue weighted by atomic mass is 10.1. The van der Waals surface area contributed by atoms with E-state index in [1.54, 1.807) is 18.2 Å². The van der Waals surface area contributed by atoms with Crippen LogP contribution in [0.2, 0.25) is 0 Å². The third-order valence-corrected chi connectivity index (χ3v) is 5.50. The van der Waals surface area contributed by atoms with Crippen molar-refractivity contribution in [3.05, 3.63) is 58.3 Å². The highest BCUT2D eigenvalue weighted by Crippen LogP contribution is 2.31. The molecule has 0 fully saturated rings. The van der Waals surface area contributed by atoms with Crippen molar-refractivity contribution in [3.63, 3.8) is 0 Å². The largest absolute Gasteiger partial charge is 0.495 e. The molecule has 0 aliphatic heterocycles. The lowest BCUT2D eigenvalue weighted by molar-refractivity contribution is -0.116. The molecule has 3 heterocycles. The molecule has 0 spiro atoms. The van der Waals surface area contributed by atoms with Gasteiger partial charge in [-0.2, -0.15) is 0 Å². The molecular weight excluding hydrogens is 376 g/mol. The molecule has 1 aromatic carbocycles. The Bertz CT molecular complexity index is 1280. The second-order valence-electron chi connectivity index (χ2n) is 6.47. The van der Waals surface area contributed by atoms with Crippen molar-refractivity contribution in [3.8, 4) is 5.75 Å². The highest BCUT2D eigenvalue weighted by molar-refractivity contribution is 7.25. The van der Waals surface area contributed by atoms with Gasteiger partial charge < -0.3 is 10.1 Å². The molecule has 0 saturated heterocycles. The van der Waals surface area contributed by atoms with Crippen LogP contribution in [-0.4, -0.2) is 27.6 Å². The summed E-state index contributed by atoms with van der Waals surface area (Å²) in [5.74, 6) is 0.220. The van der Waals surface area contributed by atoms with Crippen molar-refractivity contribution >= 4 is 43.4 Å². The number of nitrogens with zero attached hydrogens (tertiary/aromatic N) is 3. The molecular formula is C20H18N4O3S. The van der Waals surface area contributed by atoms with E-state index in [0.717, 1.165) is 21.5 Å². The molecule has 3 aromatic heterocycles. The van der Waals surface area contributed by atoms with Gasteiger partial charge >= 0.3 is 0 Å². The fourth-order valence-electron chi connectivity index (χ4n) is 3.21. The number of ether oxygens (including phenoxy) is 1. The number of methoxy groups -OCH3 is 1. The predicted octanol–water partition coefficient (Wildman–Crippen LogP) is 3.27. The van der Waals surface area contributed by atoms with Crippen molar-refractivity contribution in [1.82, 2.24) is 14.5 Å². The summed E-state index contributed by atoms with van der Waals surface area (Å²) >= 11 is 1.31. The number of amides is 1. The number of aryl methyl sites for hydroxylation is 2. The van der Waals surface area contributed by atoms with Crippen molar-refractivity contribution in [2.45, 2.75) is 20.4 Å². The number of aromatic nitrogens is 3. The topological polar surface area (TPSA) is 86.1 Å². The Morgan fingerprint density at radius 1 is 1.29 bits per heavy atom. The van der Waals surface area contributed by atoms with Crippen LogP contribution in [0.3, 0.4) is 0 Å². The van der Waals surface area contributed by atoms with E-state index >= 15 is 0 Å². The van der Waals surface area contributed by atoms with Crippen LogP contribution < -0.4 is 15.6 Å². The SMILES string of the molecule is COc1ccccc1NC(=O)Cn1cnc2c(sc3nc(C)cc(C)c32)c1=O. The van der Waals surface area contributed by atoms with Gasteiger partial charge in [0, 0.05) is 11.1 Å². The van der Waals surface area contributed by atoms with E-state index in [0.29, 0.717) is 21.7 Å². The first-order valence-electron chi connectivity index (χ1n) is 8.66. The number of hydrogen-bond donors (Lipinski definition) is 1. The third kappa shape index (κ3) is 3.11. The Balaban J connectivity index is 1.69. The number of anilines is 1. The maximum Gasteiger partial charge on any atom is 0.271 e. The molecule has 0 radical (unpaired) electrons. The zero-order valence-electron chi connectivity index (χ0n) is 15.6. The summed E-state index contributed by atoms with van der Waals surface area (Å²) < 4.78 is 7.05. The zero-order valence-corrected chi connectivity index (χ0v) is 16.5. The standard InChI is InChI=1S/C20H18N4O3S/c1-11-8-12(2)22-19-16(11)17-18(28-19)20(26)24(10-21-17)9-15(25)23-13-6-4-5-7-14(13)27-3/h4-8,10H,9H2,1-3H3,(H,23,25). The monoisotopic (exact) mass is 394 g/mol. The van der Waals surface area contributed by atoms with Crippen LogP contribution in [0.5, 0.6) is 5.75 Å². The van der Waals surface area contributed by atoms with Gasteiger partial charge in [-0.1, -0.05) is 12.1 Å². The summed E-state index contributed by atoms with van der Waals surface area (Å²) in [7, 11) is 1.53. The number of para-hydroxylation sites is 2. The number of benzene rings is 1. The van der Waals surface area contributed by atoms with E-state index in [4.69, 9.17) is 4.74 Å². The van der Waals surface area contributed by atoms with E-state index < -0.39 is 0 Å². The third-order valence-electron chi connectivity index (χ3n) is 4.44. The second-order valence-corrected chi connectivity index (χ2v) is 7.47. The lowest BCUT2D eigenvalue weighted by Crippen LogP contribution is -2.27. The predicted molar refractivity (Wildman–Crippen MR) is 110 cm³/mol. The highest BCUT2D eigenvalue weighted by atomic mass is 32.1. The number of nitrogens with one attached hydrogen (secondary N) is 1. The smallest absolute Gasteiger partial charge is 0.271 e. The van der Waals surface area contributed by atoms with Gasteiger partial charge in [0.25, 0.3) is 5.56 Å². The average Bonchev–Trinajstić information content (AvgIpc) is 3.04. The first-order chi connectivity index (χ1) is 13.5. The molecule has 7 nitrogen and oxygen atoms in total. The maximum absolute atomic E-state index is 12.9. The Kier molecular flexibility index (Phi) is 4.56. The molecule has 0 saturated carbocycles. The Morgan fingerprint density at radius 3 is 2.86 bits per heavy atom. The van der Waals surface area contributed by atoms with Crippen LogP contribution in [0.25, 0.3) is 20.4 Å². The summed E-state index contributed by atoms with van der Waals surface area (Å²) in [5.41, 5.74) is 2.87. The van der Waals surface area contributed by atoms with Crippen LogP contribution in [-0.2, 0) is 11.3 Å². The van der Waals surface area contributed by atoms with Crippen LogP contribution in [0.15, 0.2) is 41.5 Å². The van der Waals surface area contributed by atoms with Gasteiger partial charge in [-0.15, -0.1) is 11.3 Å². The number of pyridine rings is 1. The molecule has 0 atom stereocenters. The Morgan fingerprint density at radius 2 is 2.07 bits per heavy atom. The summed E-state index contributed by atoms with van der Waals surface area (Å²) in [5, 5.41) is 3.66. The number of carbonyl (C=O) groups is 1. The molecule has 1 amide bonds. The van der Waals surface area contributed by atoms with E-state index in [2.05, 4.69) is 15.3 Å². The van der Waals surface area contributed by atoms with Gasteiger partial charge in [0.1, 0.15) is 21.8 Å². The Labute approximate surface area is 164 Å². The van der Waals surface area contributed by atoms with Crippen molar-refractivity contribution < 1.29 is 9.53 Å². The summed E-state index contributed by atoms with van der Waals surface area (Å²) in [6.45, 7) is 3.77. The molecule has 4 aromatic rings. The minimum atomic E-state index is -0.334. The first-order valence-corrected chi connectivity index (χ1v) is 9.48. The molecule has 0 bridgehead atoms. The van der Waals surface area contributed by atoms with Gasteiger partial charge in [-0.05, 0) is 37.6 Å². The highest BCUT2D eigenvalue weighted by Gasteiger charge is 2.16. The van der Waals surface area contributed by atoms with Crippen LogP contribution >= 0.6 is 11.3 Å². The average molecular weight is 394 g/mol. The van der Waals surface area contributed by atoms with Crippen LogP contribution in [0.4, 0.5) is 5.69 Å². The zero-order chi connectivity index (χ0) is 19.8. The number of fused-ring (bicyclic) bond motifs is 3. The quantitative estimate of drug-likeness (QED) is 0.574. The molecule has 4 rings (SSSR count). The minimum absolute atomic E-state index is 0.139. The van der Waals surface area contributed by atoms with Crippen molar-refractivity contribution in [2.75, 3.05) is 12.4 Å². The molecule has 8 heteroatoms.